The average Bonchev–Trinajstić information content (AvgIpc) is 3.36. The molecule has 0 aliphatic heterocycles. The molecule has 2 saturated carbocycles. The number of rotatable bonds is 4. The van der Waals surface area contributed by atoms with E-state index in [9.17, 15) is 9.59 Å². The molecule has 0 bridgehead atoms. The molecule has 2 aliphatic carbocycles. The van der Waals surface area contributed by atoms with Crippen molar-refractivity contribution in [2.24, 2.45) is 5.92 Å². The Bertz CT molecular complexity index is 610. The van der Waals surface area contributed by atoms with Crippen LogP contribution in [0.5, 0.6) is 0 Å². The third-order valence-electron chi connectivity index (χ3n) is 5.08. The van der Waals surface area contributed by atoms with Crippen molar-refractivity contribution in [3.05, 3.63) is 34.9 Å². The number of hydrogen-bond acceptors (Lipinski definition) is 3. The summed E-state index contributed by atoms with van der Waals surface area (Å²) in [5, 5.41) is 3.71. The van der Waals surface area contributed by atoms with Gasteiger partial charge in [0.2, 0.25) is 5.91 Å². The van der Waals surface area contributed by atoms with Gasteiger partial charge in [0.1, 0.15) is 5.54 Å². The van der Waals surface area contributed by atoms with Crippen LogP contribution in [0.2, 0.25) is 5.02 Å². The highest BCUT2D eigenvalue weighted by atomic mass is 35.5. The number of benzene rings is 1. The molecular formula is C18H22ClNO3. The highest BCUT2D eigenvalue weighted by Crippen LogP contribution is 2.50. The summed E-state index contributed by atoms with van der Waals surface area (Å²) in [5.41, 5.74) is 0.183. The first kappa shape index (κ1) is 16.3. The topological polar surface area (TPSA) is 55.4 Å². The van der Waals surface area contributed by atoms with Crippen LogP contribution in [-0.4, -0.2) is 24.5 Å². The van der Waals surface area contributed by atoms with Gasteiger partial charge in [-0.3, -0.25) is 4.79 Å². The molecule has 0 spiro atoms. The van der Waals surface area contributed by atoms with Crippen molar-refractivity contribution < 1.29 is 14.3 Å². The zero-order chi connectivity index (χ0) is 16.4. The Balaban J connectivity index is 1.69. The first-order valence-electron chi connectivity index (χ1n) is 8.22. The molecule has 1 amide bonds. The first-order valence-corrected chi connectivity index (χ1v) is 8.60. The van der Waals surface area contributed by atoms with Crippen LogP contribution in [0.3, 0.4) is 0 Å². The minimum Gasteiger partial charge on any atom is -0.467 e. The number of hydrogen-bond donors (Lipinski definition) is 1. The number of carbonyl (C=O) groups excluding carboxylic acids is 2. The molecule has 2 atom stereocenters. The van der Waals surface area contributed by atoms with Crippen LogP contribution in [0, 0.1) is 5.92 Å². The normalized spacial score (nSPS) is 25.5. The summed E-state index contributed by atoms with van der Waals surface area (Å²) in [6.07, 6.45) is 5.08. The van der Waals surface area contributed by atoms with Gasteiger partial charge >= 0.3 is 5.97 Å². The molecule has 2 aliphatic rings. The van der Waals surface area contributed by atoms with E-state index < -0.39 is 5.54 Å². The Morgan fingerprint density at radius 2 is 1.91 bits per heavy atom. The molecule has 2 fully saturated rings. The maximum atomic E-state index is 12.6. The Morgan fingerprint density at radius 3 is 2.57 bits per heavy atom. The highest BCUT2D eigenvalue weighted by molar-refractivity contribution is 6.31. The molecular weight excluding hydrogens is 314 g/mol. The van der Waals surface area contributed by atoms with Gasteiger partial charge in [-0.15, -0.1) is 0 Å². The fraction of sp³-hybridized carbons (Fsp3) is 0.556. The summed E-state index contributed by atoms with van der Waals surface area (Å²) >= 11 is 6.22. The molecule has 0 saturated heterocycles. The van der Waals surface area contributed by atoms with E-state index in [0.29, 0.717) is 17.9 Å². The minimum absolute atomic E-state index is 0.0535. The van der Waals surface area contributed by atoms with Crippen molar-refractivity contribution in [1.82, 2.24) is 5.32 Å². The Morgan fingerprint density at radius 1 is 1.22 bits per heavy atom. The van der Waals surface area contributed by atoms with Crippen LogP contribution in [0.15, 0.2) is 24.3 Å². The van der Waals surface area contributed by atoms with E-state index in [1.165, 1.54) is 7.11 Å². The largest absolute Gasteiger partial charge is 0.467 e. The molecule has 5 heteroatoms. The lowest BCUT2D eigenvalue weighted by atomic mass is 9.81. The summed E-state index contributed by atoms with van der Waals surface area (Å²) in [4.78, 5) is 24.8. The van der Waals surface area contributed by atoms with E-state index in [2.05, 4.69) is 5.32 Å². The maximum Gasteiger partial charge on any atom is 0.331 e. The minimum atomic E-state index is -0.836. The molecule has 0 aromatic heterocycles. The number of nitrogens with one attached hydrogen (secondary N) is 1. The van der Waals surface area contributed by atoms with Crippen LogP contribution in [0.4, 0.5) is 0 Å². The quantitative estimate of drug-likeness (QED) is 0.858. The lowest BCUT2D eigenvalue weighted by Crippen LogP contribution is -2.56. The second-order valence-corrected chi connectivity index (χ2v) is 7.00. The summed E-state index contributed by atoms with van der Waals surface area (Å²) in [7, 11) is 1.38. The molecule has 1 aromatic rings. The van der Waals surface area contributed by atoms with Crippen LogP contribution in [0.25, 0.3) is 0 Å². The first-order chi connectivity index (χ1) is 11.1. The number of esters is 1. The van der Waals surface area contributed by atoms with E-state index in [0.717, 1.165) is 31.2 Å². The van der Waals surface area contributed by atoms with E-state index in [1.807, 2.05) is 24.3 Å². The van der Waals surface area contributed by atoms with Gasteiger partial charge in [-0.2, -0.15) is 0 Å². The molecule has 124 valence electrons. The standard InChI is InChI=1S/C18H22ClNO3/c1-23-17(22)18(9-5-2-6-10-18)20-16(21)14-11-13(14)12-7-3-4-8-15(12)19/h3-4,7-8,13-14H,2,5-6,9-11H2,1H3,(H,20,21). The number of halogens is 1. The SMILES string of the molecule is COC(=O)C1(NC(=O)C2CC2c2ccccc2Cl)CCCCC1. The van der Waals surface area contributed by atoms with Gasteiger partial charge < -0.3 is 10.1 Å². The molecule has 3 rings (SSSR count). The van der Waals surface area contributed by atoms with Gasteiger partial charge in [-0.1, -0.05) is 49.1 Å². The van der Waals surface area contributed by atoms with E-state index >= 15 is 0 Å². The third-order valence-corrected chi connectivity index (χ3v) is 5.42. The van der Waals surface area contributed by atoms with Crippen LogP contribution >= 0.6 is 11.6 Å². The smallest absolute Gasteiger partial charge is 0.331 e. The highest BCUT2D eigenvalue weighted by Gasteiger charge is 2.49. The van der Waals surface area contributed by atoms with Crippen molar-refractivity contribution in [2.45, 2.75) is 50.0 Å². The number of amides is 1. The Hall–Kier alpha value is -1.55. The van der Waals surface area contributed by atoms with Crippen LogP contribution < -0.4 is 5.32 Å². The lowest BCUT2D eigenvalue weighted by Gasteiger charge is -2.35. The Labute approximate surface area is 141 Å². The molecule has 0 radical (unpaired) electrons. The predicted octanol–water partition coefficient (Wildman–Crippen LogP) is 3.44. The molecule has 1 aromatic carbocycles. The van der Waals surface area contributed by atoms with Crippen LogP contribution in [-0.2, 0) is 14.3 Å². The van der Waals surface area contributed by atoms with Crippen LogP contribution in [0.1, 0.15) is 50.0 Å². The summed E-state index contributed by atoms with van der Waals surface area (Å²) in [6, 6.07) is 7.64. The van der Waals surface area contributed by atoms with Gasteiger partial charge in [0, 0.05) is 10.9 Å². The maximum absolute atomic E-state index is 12.6. The molecule has 1 N–H and O–H groups in total. The Kier molecular flexibility index (Phi) is 4.62. The molecule has 23 heavy (non-hydrogen) atoms. The zero-order valence-electron chi connectivity index (χ0n) is 13.3. The monoisotopic (exact) mass is 335 g/mol. The number of ether oxygens (including phenoxy) is 1. The zero-order valence-corrected chi connectivity index (χ0v) is 14.1. The second kappa shape index (κ2) is 6.52. The van der Waals surface area contributed by atoms with E-state index in [4.69, 9.17) is 16.3 Å². The van der Waals surface area contributed by atoms with Gasteiger partial charge in [0.25, 0.3) is 0 Å². The van der Waals surface area contributed by atoms with Gasteiger partial charge in [0.05, 0.1) is 7.11 Å². The van der Waals surface area contributed by atoms with Gasteiger partial charge in [0.15, 0.2) is 0 Å². The van der Waals surface area contributed by atoms with Crippen molar-refractivity contribution >= 4 is 23.5 Å². The molecule has 2 unspecified atom stereocenters. The van der Waals surface area contributed by atoms with Crippen molar-refractivity contribution in [1.29, 1.82) is 0 Å². The summed E-state index contributed by atoms with van der Waals surface area (Å²) < 4.78 is 4.95. The third kappa shape index (κ3) is 3.23. The van der Waals surface area contributed by atoms with Crippen molar-refractivity contribution in [2.75, 3.05) is 7.11 Å². The average molecular weight is 336 g/mol. The van der Waals surface area contributed by atoms with Gasteiger partial charge in [-0.05, 0) is 36.8 Å². The second-order valence-electron chi connectivity index (χ2n) is 6.59. The van der Waals surface area contributed by atoms with E-state index in [-0.39, 0.29) is 23.7 Å². The molecule has 4 nitrogen and oxygen atoms in total. The van der Waals surface area contributed by atoms with E-state index in [1.54, 1.807) is 0 Å². The number of carbonyl (C=O) groups is 2. The lowest BCUT2D eigenvalue weighted by molar-refractivity contribution is -0.152. The predicted molar refractivity (Wildman–Crippen MR) is 88.3 cm³/mol. The van der Waals surface area contributed by atoms with Crippen molar-refractivity contribution in [3.8, 4) is 0 Å². The number of methoxy groups -OCH3 is 1. The van der Waals surface area contributed by atoms with Crippen molar-refractivity contribution in [3.63, 3.8) is 0 Å². The fourth-order valence-corrected chi connectivity index (χ4v) is 3.94. The molecule has 0 heterocycles. The summed E-state index contributed by atoms with van der Waals surface area (Å²) in [6.45, 7) is 0. The van der Waals surface area contributed by atoms with Gasteiger partial charge in [-0.25, -0.2) is 4.79 Å². The fourth-order valence-electron chi connectivity index (χ4n) is 3.66. The summed E-state index contributed by atoms with van der Waals surface area (Å²) in [5.74, 6) is -0.317.